The Morgan fingerprint density at radius 3 is 2.62 bits per heavy atom. The van der Waals surface area contributed by atoms with Crippen LogP contribution in [0.1, 0.15) is 34.6 Å². The van der Waals surface area contributed by atoms with Crippen molar-refractivity contribution in [2.75, 3.05) is 7.11 Å². The van der Waals surface area contributed by atoms with Gasteiger partial charge in [-0.15, -0.1) is 0 Å². The van der Waals surface area contributed by atoms with Crippen LogP contribution in [0.3, 0.4) is 0 Å². The number of amides is 1. The van der Waals surface area contributed by atoms with Crippen molar-refractivity contribution in [3.05, 3.63) is 71.2 Å². The minimum Gasteiger partial charge on any atom is -0.497 e. The Bertz CT molecular complexity index is 919. The molecule has 1 unspecified atom stereocenters. The summed E-state index contributed by atoms with van der Waals surface area (Å²) in [7, 11) is 1.60. The van der Waals surface area contributed by atoms with Crippen molar-refractivity contribution in [2.45, 2.75) is 19.9 Å². The van der Waals surface area contributed by atoms with Gasteiger partial charge in [0, 0.05) is 5.56 Å². The summed E-state index contributed by atoms with van der Waals surface area (Å²) in [4.78, 5) is 12.8. The van der Waals surface area contributed by atoms with Crippen molar-refractivity contribution in [3.8, 4) is 17.1 Å². The highest BCUT2D eigenvalue weighted by Gasteiger charge is 2.23. The van der Waals surface area contributed by atoms with Crippen LogP contribution in [0.15, 0.2) is 53.1 Å². The molecule has 3 rings (SSSR count). The summed E-state index contributed by atoms with van der Waals surface area (Å²) in [5.41, 5.74) is 2.15. The average Bonchev–Trinajstić information content (AvgIpc) is 3.03. The van der Waals surface area contributed by atoms with E-state index in [1.54, 1.807) is 26.2 Å². The van der Waals surface area contributed by atoms with E-state index < -0.39 is 5.82 Å². The molecule has 1 aromatic heterocycles. The van der Waals surface area contributed by atoms with Crippen LogP contribution in [0.25, 0.3) is 11.3 Å². The number of aromatic nitrogens is 1. The predicted molar refractivity (Wildman–Crippen MR) is 95.5 cm³/mol. The molecule has 6 heteroatoms. The number of rotatable bonds is 5. The lowest BCUT2D eigenvalue weighted by atomic mass is 10.0. The van der Waals surface area contributed by atoms with Crippen molar-refractivity contribution in [1.82, 2.24) is 10.5 Å². The summed E-state index contributed by atoms with van der Waals surface area (Å²) in [6.45, 7) is 3.56. The fourth-order valence-corrected chi connectivity index (χ4v) is 2.71. The molecular weight excluding hydrogens is 335 g/mol. The summed E-state index contributed by atoms with van der Waals surface area (Å²) >= 11 is 0. The summed E-state index contributed by atoms with van der Waals surface area (Å²) in [5, 5.41) is 6.80. The molecule has 1 atom stereocenters. The summed E-state index contributed by atoms with van der Waals surface area (Å²) in [6.07, 6.45) is 0. The summed E-state index contributed by atoms with van der Waals surface area (Å²) < 4.78 is 23.9. The highest BCUT2D eigenvalue weighted by molar-refractivity contribution is 6.00. The molecule has 134 valence electrons. The zero-order chi connectivity index (χ0) is 18.7. The number of carbonyl (C=O) groups is 1. The molecule has 0 radical (unpaired) electrons. The second-order valence-electron chi connectivity index (χ2n) is 5.95. The molecule has 0 spiro atoms. The van der Waals surface area contributed by atoms with E-state index >= 15 is 0 Å². The number of halogens is 1. The van der Waals surface area contributed by atoms with Gasteiger partial charge in [-0.05, 0) is 43.7 Å². The predicted octanol–water partition coefficient (Wildman–Crippen LogP) is 4.29. The van der Waals surface area contributed by atoms with Crippen LogP contribution in [0.4, 0.5) is 4.39 Å². The molecule has 0 aliphatic rings. The van der Waals surface area contributed by atoms with Crippen molar-refractivity contribution >= 4 is 5.91 Å². The monoisotopic (exact) mass is 354 g/mol. The lowest BCUT2D eigenvalue weighted by Gasteiger charge is -2.15. The molecule has 0 aliphatic carbocycles. The number of carbonyl (C=O) groups excluding carboxylic acids is 1. The lowest BCUT2D eigenvalue weighted by molar-refractivity contribution is 0.0939. The van der Waals surface area contributed by atoms with E-state index in [1.165, 1.54) is 12.1 Å². The maximum absolute atomic E-state index is 13.5. The molecule has 1 heterocycles. The summed E-state index contributed by atoms with van der Waals surface area (Å²) in [6, 6.07) is 13.1. The first-order valence-corrected chi connectivity index (χ1v) is 8.16. The number of methoxy groups -OCH3 is 1. The van der Waals surface area contributed by atoms with Gasteiger partial charge in [0.1, 0.15) is 17.1 Å². The molecule has 1 N–H and O–H groups in total. The van der Waals surface area contributed by atoms with Crippen LogP contribution in [-0.4, -0.2) is 18.2 Å². The number of aryl methyl sites for hydroxylation is 1. The molecule has 0 saturated carbocycles. The van der Waals surface area contributed by atoms with Crippen LogP contribution < -0.4 is 10.1 Å². The molecule has 26 heavy (non-hydrogen) atoms. The Morgan fingerprint density at radius 1 is 1.23 bits per heavy atom. The third-order valence-corrected chi connectivity index (χ3v) is 4.14. The van der Waals surface area contributed by atoms with Crippen LogP contribution in [0.2, 0.25) is 0 Å². The van der Waals surface area contributed by atoms with Crippen molar-refractivity contribution in [2.24, 2.45) is 0 Å². The molecule has 3 aromatic rings. The first-order valence-electron chi connectivity index (χ1n) is 8.16. The van der Waals surface area contributed by atoms with Crippen LogP contribution in [-0.2, 0) is 0 Å². The van der Waals surface area contributed by atoms with E-state index in [4.69, 9.17) is 9.26 Å². The van der Waals surface area contributed by atoms with Gasteiger partial charge in [-0.25, -0.2) is 4.39 Å². The Balaban J connectivity index is 1.84. The van der Waals surface area contributed by atoms with E-state index in [0.717, 1.165) is 11.3 Å². The summed E-state index contributed by atoms with van der Waals surface area (Å²) in [5.74, 6) is 0.262. The normalized spacial score (nSPS) is 11.8. The molecule has 0 saturated heterocycles. The molecule has 2 aromatic carbocycles. The molecule has 0 bridgehead atoms. The Labute approximate surface area is 150 Å². The van der Waals surface area contributed by atoms with Gasteiger partial charge in [0.2, 0.25) is 0 Å². The van der Waals surface area contributed by atoms with E-state index in [1.807, 2.05) is 31.2 Å². The number of hydrogen-bond acceptors (Lipinski definition) is 4. The number of nitrogens with zero attached hydrogens (tertiary/aromatic N) is 1. The minimum absolute atomic E-state index is 0.233. The molecular formula is C20H19FN2O3. The van der Waals surface area contributed by atoms with Crippen LogP contribution in [0.5, 0.6) is 5.75 Å². The van der Waals surface area contributed by atoms with Crippen LogP contribution >= 0.6 is 0 Å². The number of nitrogens with one attached hydrogen (secondary N) is 1. The van der Waals surface area contributed by atoms with Gasteiger partial charge >= 0.3 is 0 Å². The molecule has 5 nitrogen and oxygen atoms in total. The van der Waals surface area contributed by atoms with E-state index in [-0.39, 0.29) is 17.7 Å². The van der Waals surface area contributed by atoms with Gasteiger partial charge in [0.15, 0.2) is 5.76 Å². The van der Waals surface area contributed by atoms with Crippen molar-refractivity contribution < 1.29 is 18.4 Å². The van der Waals surface area contributed by atoms with Crippen LogP contribution in [0, 0.1) is 12.7 Å². The molecule has 0 fully saturated rings. The van der Waals surface area contributed by atoms with E-state index in [0.29, 0.717) is 16.8 Å². The largest absolute Gasteiger partial charge is 0.497 e. The zero-order valence-corrected chi connectivity index (χ0v) is 14.7. The lowest BCUT2D eigenvalue weighted by Crippen LogP contribution is -2.27. The maximum Gasteiger partial charge on any atom is 0.257 e. The van der Waals surface area contributed by atoms with Gasteiger partial charge in [-0.3, -0.25) is 4.79 Å². The highest BCUT2D eigenvalue weighted by Crippen LogP contribution is 2.27. The van der Waals surface area contributed by atoms with Gasteiger partial charge in [0.05, 0.1) is 18.8 Å². The number of hydrogen-bond donors (Lipinski definition) is 1. The first-order chi connectivity index (χ1) is 12.5. The molecule has 0 aliphatic heterocycles. The van der Waals surface area contributed by atoms with E-state index in [9.17, 15) is 9.18 Å². The highest BCUT2D eigenvalue weighted by atomic mass is 19.1. The zero-order valence-electron chi connectivity index (χ0n) is 14.7. The second kappa shape index (κ2) is 7.39. The quantitative estimate of drug-likeness (QED) is 0.742. The minimum atomic E-state index is -0.408. The standard InChI is InChI=1S/C20H19FN2O3/c1-12(14-7-9-17(25-3)10-8-14)22-20(24)18-13(2)23-26-19(18)15-5-4-6-16(21)11-15/h4-12H,1-3H3,(H,22,24). The van der Waals surface area contributed by atoms with Gasteiger partial charge < -0.3 is 14.6 Å². The average molecular weight is 354 g/mol. The Hall–Kier alpha value is -3.15. The maximum atomic E-state index is 13.5. The smallest absolute Gasteiger partial charge is 0.257 e. The van der Waals surface area contributed by atoms with Crippen molar-refractivity contribution in [1.29, 1.82) is 0 Å². The topological polar surface area (TPSA) is 64.4 Å². The first kappa shape index (κ1) is 17.7. The van der Waals surface area contributed by atoms with Gasteiger partial charge in [0.25, 0.3) is 5.91 Å². The fraction of sp³-hybridized carbons (Fsp3) is 0.200. The van der Waals surface area contributed by atoms with E-state index in [2.05, 4.69) is 10.5 Å². The van der Waals surface area contributed by atoms with Crippen molar-refractivity contribution in [3.63, 3.8) is 0 Å². The molecule has 1 amide bonds. The number of ether oxygens (including phenoxy) is 1. The van der Waals surface area contributed by atoms with Gasteiger partial charge in [-0.1, -0.05) is 29.4 Å². The number of benzene rings is 2. The third-order valence-electron chi connectivity index (χ3n) is 4.14. The van der Waals surface area contributed by atoms with Gasteiger partial charge in [-0.2, -0.15) is 0 Å². The Kier molecular flexibility index (Phi) is 5.02. The fourth-order valence-electron chi connectivity index (χ4n) is 2.71. The Morgan fingerprint density at radius 2 is 1.96 bits per heavy atom. The second-order valence-corrected chi connectivity index (χ2v) is 5.95. The SMILES string of the molecule is COc1ccc(C(C)NC(=O)c2c(C)noc2-c2cccc(F)c2)cc1. The third kappa shape index (κ3) is 3.59.